The maximum atomic E-state index is 10.7. The predicted molar refractivity (Wildman–Crippen MR) is 143 cm³/mol. The van der Waals surface area contributed by atoms with Gasteiger partial charge in [0.15, 0.2) is 0 Å². The van der Waals surface area contributed by atoms with E-state index in [0.717, 1.165) is 20.1 Å². The van der Waals surface area contributed by atoms with Crippen molar-refractivity contribution in [3.8, 4) is 11.5 Å². The van der Waals surface area contributed by atoms with Gasteiger partial charge >= 0.3 is 0 Å². The van der Waals surface area contributed by atoms with E-state index in [2.05, 4.69) is 83.4 Å². The lowest BCUT2D eigenvalue weighted by Crippen LogP contribution is -2.21. The lowest BCUT2D eigenvalue weighted by atomic mass is 9.85. The molecule has 0 spiro atoms. The highest BCUT2D eigenvalue weighted by molar-refractivity contribution is 9.10. The molecule has 0 bridgehead atoms. The zero-order valence-corrected chi connectivity index (χ0v) is 23.4. The molecule has 0 unspecified atom stereocenters. The summed E-state index contributed by atoms with van der Waals surface area (Å²) in [4.78, 5) is 9.24. The number of phenols is 2. The first-order valence-electron chi connectivity index (χ1n) is 10.6. The topological polar surface area (TPSA) is 65.2 Å². The minimum absolute atomic E-state index is 0.183. The van der Waals surface area contributed by atoms with Gasteiger partial charge in [-0.3, -0.25) is 9.98 Å². The van der Waals surface area contributed by atoms with Gasteiger partial charge in [-0.15, -0.1) is 0 Å². The molecule has 2 N–H and O–H groups in total. The van der Waals surface area contributed by atoms with Crippen molar-refractivity contribution in [2.45, 2.75) is 71.8 Å². The highest BCUT2D eigenvalue weighted by Gasteiger charge is 2.22. The van der Waals surface area contributed by atoms with E-state index in [9.17, 15) is 10.2 Å². The van der Waals surface area contributed by atoms with Crippen LogP contribution in [-0.2, 0) is 10.8 Å². The Morgan fingerprint density at radius 1 is 0.719 bits per heavy atom. The van der Waals surface area contributed by atoms with Crippen LogP contribution in [0.3, 0.4) is 0 Å². The summed E-state index contributed by atoms with van der Waals surface area (Å²) in [7, 11) is 0. The average molecular weight is 566 g/mol. The van der Waals surface area contributed by atoms with E-state index >= 15 is 0 Å². The zero-order valence-electron chi connectivity index (χ0n) is 20.2. The molecule has 0 aliphatic rings. The summed E-state index contributed by atoms with van der Waals surface area (Å²) in [5.74, 6) is 0.497. The smallest absolute Gasteiger partial charge is 0.128 e. The van der Waals surface area contributed by atoms with Crippen LogP contribution in [0.5, 0.6) is 11.5 Å². The Morgan fingerprint density at radius 3 is 1.53 bits per heavy atom. The second-order valence-corrected chi connectivity index (χ2v) is 12.7. The number of phenolic OH excluding ortho intramolecular Hbond substituents is 2. The highest BCUT2D eigenvalue weighted by atomic mass is 79.9. The number of aliphatic imine (C=N–C) groups is 2. The summed E-state index contributed by atoms with van der Waals surface area (Å²) in [5, 5.41) is 21.4. The van der Waals surface area contributed by atoms with Crippen LogP contribution in [0.2, 0.25) is 0 Å². The Morgan fingerprint density at radius 2 is 1.12 bits per heavy atom. The van der Waals surface area contributed by atoms with Gasteiger partial charge in [-0.05, 0) is 48.9 Å². The quantitative estimate of drug-likeness (QED) is 0.368. The van der Waals surface area contributed by atoms with Crippen molar-refractivity contribution in [1.82, 2.24) is 0 Å². The first-order valence-corrected chi connectivity index (χ1v) is 12.2. The number of hydrogen-bond acceptors (Lipinski definition) is 4. The standard InChI is InChI=1S/C26H34Br2N2O2/c1-24(2,3)20-11-18(27)9-16(22(20)31)13-29-15-26(7,8)30-14-17-10-19(28)12-21(23(17)32)25(4,5)6/h9-14,31-32H,15H2,1-8H3. The van der Waals surface area contributed by atoms with Crippen LogP contribution in [0.25, 0.3) is 0 Å². The third kappa shape index (κ3) is 6.92. The van der Waals surface area contributed by atoms with Crippen LogP contribution in [-0.4, -0.2) is 34.7 Å². The number of benzene rings is 2. The molecule has 0 aliphatic carbocycles. The van der Waals surface area contributed by atoms with Crippen LogP contribution in [0.1, 0.15) is 77.6 Å². The van der Waals surface area contributed by atoms with Gasteiger partial charge in [0.05, 0.1) is 12.1 Å². The van der Waals surface area contributed by atoms with Gasteiger partial charge < -0.3 is 10.2 Å². The number of rotatable bonds is 5. The fourth-order valence-corrected chi connectivity index (χ4v) is 4.18. The summed E-state index contributed by atoms with van der Waals surface area (Å²) in [6.07, 6.45) is 3.40. The van der Waals surface area contributed by atoms with E-state index in [-0.39, 0.29) is 22.3 Å². The van der Waals surface area contributed by atoms with E-state index in [1.54, 1.807) is 12.4 Å². The Bertz CT molecular complexity index is 1040. The van der Waals surface area contributed by atoms with Crippen molar-refractivity contribution in [2.75, 3.05) is 6.54 Å². The van der Waals surface area contributed by atoms with Gasteiger partial charge in [-0.25, -0.2) is 0 Å². The highest BCUT2D eigenvalue weighted by Crippen LogP contribution is 2.36. The minimum Gasteiger partial charge on any atom is -0.507 e. The molecular weight excluding hydrogens is 532 g/mol. The molecule has 0 saturated heterocycles. The number of aromatic hydroxyl groups is 2. The predicted octanol–water partition coefficient (Wildman–Crippen LogP) is 7.53. The second kappa shape index (κ2) is 9.68. The molecule has 4 nitrogen and oxygen atoms in total. The minimum atomic E-state index is -0.484. The molecule has 0 heterocycles. The zero-order chi connectivity index (χ0) is 24.5. The molecule has 2 aromatic carbocycles. The first-order chi connectivity index (χ1) is 14.5. The Labute approximate surface area is 209 Å². The van der Waals surface area contributed by atoms with Gasteiger partial charge in [0, 0.05) is 43.6 Å². The summed E-state index contributed by atoms with van der Waals surface area (Å²) < 4.78 is 1.80. The fourth-order valence-electron chi connectivity index (χ4n) is 3.23. The lowest BCUT2D eigenvalue weighted by molar-refractivity contribution is 0.444. The van der Waals surface area contributed by atoms with E-state index in [0.29, 0.717) is 17.7 Å². The maximum Gasteiger partial charge on any atom is 0.128 e. The van der Waals surface area contributed by atoms with Crippen LogP contribution >= 0.6 is 31.9 Å². The number of hydrogen-bond donors (Lipinski definition) is 2. The molecule has 0 saturated carbocycles. The summed E-state index contributed by atoms with van der Waals surface area (Å²) in [5.41, 5.74) is 2.21. The fraction of sp³-hybridized carbons (Fsp3) is 0.462. The summed E-state index contributed by atoms with van der Waals surface area (Å²) in [6, 6.07) is 7.61. The van der Waals surface area contributed by atoms with Crippen molar-refractivity contribution in [3.05, 3.63) is 55.5 Å². The number of halogens is 2. The largest absolute Gasteiger partial charge is 0.507 e. The van der Waals surface area contributed by atoms with Crippen LogP contribution in [0.4, 0.5) is 0 Å². The van der Waals surface area contributed by atoms with E-state index in [4.69, 9.17) is 0 Å². The van der Waals surface area contributed by atoms with Gasteiger partial charge in [0.2, 0.25) is 0 Å². The molecule has 0 amide bonds. The van der Waals surface area contributed by atoms with E-state index in [1.165, 1.54) is 0 Å². The van der Waals surface area contributed by atoms with Crippen molar-refractivity contribution in [1.29, 1.82) is 0 Å². The van der Waals surface area contributed by atoms with Crippen LogP contribution in [0, 0.1) is 0 Å². The lowest BCUT2D eigenvalue weighted by Gasteiger charge is -2.22. The monoisotopic (exact) mass is 564 g/mol. The average Bonchev–Trinajstić information content (AvgIpc) is 2.62. The first kappa shape index (κ1) is 26.6. The molecule has 0 atom stereocenters. The number of nitrogens with zero attached hydrogens (tertiary/aromatic N) is 2. The third-order valence-electron chi connectivity index (χ3n) is 5.09. The molecule has 0 radical (unpaired) electrons. The van der Waals surface area contributed by atoms with Crippen LogP contribution < -0.4 is 0 Å². The molecule has 0 fully saturated rings. The Kier molecular flexibility index (Phi) is 8.04. The van der Waals surface area contributed by atoms with Crippen LogP contribution in [0.15, 0.2) is 43.2 Å². The second-order valence-electron chi connectivity index (χ2n) is 10.8. The van der Waals surface area contributed by atoms with Gasteiger partial charge in [-0.2, -0.15) is 0 Å². The SMILES string of the molecule is CC(C)(CN=Cc1cc(Br)cc(C(C)(C)C)c1O)N=Cc1cc(Br)cc(C(C)(C)C)c1O. The van der Waals surface area contributed by atoms with Gasteiger partial charge in [-0.1, -0.05) is 73.4 Å². The molecular formula is C26H34Br2N2O2. The molecule has 32 heavy (non-hydrogen) atoms. The maximum absolute atomic E-state index is 10.7. The summed E-state index contributed by atoms with van der Waals surface area (Å²) in [6.45, 7) is 16.8. The molecule has 0 aliphatic heterocycles. The summed E-state index contributed by atoms with van der Waals surface area (Å²) >= 11 is 7.07. The molecule has 0 aromatic heterocycles. The van der Waals surface area contributed by atoms with E-state index in [1.807, 2.05) is 38.1 Å². The molecule has 6 heteroatoms. The molecule has 174 valence electrons. The third-order valence-corrected chi connectivity index (χ3v) is 6.00. The van der Waals surface area contributed by atoms with Gasteiger partial charge in [0.1, 0.15) is 11.5 Å². The van der Waals surface area contributed by atoms with Gasteiger partial charge in [0.25, 0.3) is 0 Å². The molecule has 2 rings (SSSR count). The van der Waals surface area contributed by atoms with Crippen molar-refractivity contribution < 1.29 is 10.2 Å². The normalized spacial score (nSPS) is 13.4. The molecule has 2 aromatic rings. The van der Waals surface area contributed by atoms with Crippen molar-refractivity contribution >= 4 is 44.3 Å². The Balaban J connectivity index is 2.26. The Hall–Kier alpha value is -1.66. The van der Waals surface area contributed by atoms with E-state index < -0.39 is 5.54 Å². The van der Waals surface area contributed by atoms with Crippen molar-refractivity contribution in [2.24, 2.45) is 9.98 Å². The van der Waals surface area contributed by atoms with Crippen molar-refractivity contribution in [3.63, 3.8) is 0 Å².